The van der Waals surface area contributed by atoms with Gasteiger partial charge in [-0.05, 0) is 31.9 Å². The highest BCUT2D eigenvalue weighted by molar-refractivity contribution is 5.75. The van der Waals surface area contributed by atoms with Crippen LogP contribution in [0.25, 0.3) is 11.2 Å². The Morgan fingerprint density at radius 3 is 2.78 bits per heavy atom. The second-order valence-corrected chi connectivity index (χ2v) is 7.80. The number of nitrogens with zero attached hydrogens (tertiary/aromatic N) is 7. The largest absolute Gasteiger partial charge is 0.341 e. The number of fused-ring (bicyclic) bond motifs is 1. The van der Waals surface area contributed by atoms with Crippen molar-refractivity contribution in [1.29, 1.82) is 5.26 Å². The number of pyridine rings is 1. The summed E-state index contributed by atoms with van der Waals surface area (Å²) in [6.07, 6.45) is 1.86. The van der Waals surface area contributed by atoms with E-state index in [0.717, 1.165) is 24.0 Å². The van der Waals surface area contributed by atoms with E-state index in [9.17, 15) is 9.59 Å². The quantitative estimate of drug-likeness (QED) is 0.582. The number of imidazole rings is 1. The summed E-state index contributed by atoms with van der Waals surface area (Å²) in [4.78, 5) is 37.5. The van der Waals surface area contributed by atoms with Crippen LogP contribution in [0.1, 0.15) is 31.2 Å². The second-order valence-electron chi connectivity index (χ2n) is 7.80. The van der Waals surface area contributed by atoms with Gasteiger partial charge in [-0.25, -0.2) is 9.78 Å². The summed E-state index contributed by atoms with van der Waals surface area (Å²) in [7, 11) is 1.59. The number of piperidine rings is 1. The standard InChI is InChI=1S/C22H24N8O2/c1-3-4-11-29-18-19(26-21(29)28-10-6-7-15(24)13-28)27(2)22(32)30(20(18)31)14-17-9-5-8-16(12-23)25-17/h5,8-9,15H,6-7,10-11,13-14,24H2,1-2H3. The molecule has 0 aromatic carbocycles. The molecule has 1 atom stereocenters. The summed E-state index contributed by atoms with van der Waals surface area (Å²) in [5.41, 5.74) is 6.48. The van der Waals surface area contributed by atoms with Crippen LogP contribution in [-0.2, 0) is 20.1 Å². The summed E-state index contributed by atoms with van der Waals surface area (Å²) < 4.78 is 4.25. The molecule has 4 rings (SSSR count). The SMILES string of the molecule is CC#CCn1c(N2CCCC(N)C2)nc2c1c(=O)n(Cc1cccc(C#N)n1)c(=O)n2C. The minimum absolute atomic E-state index is 0.0215. The van der Waals surface area contributed by atoms with Crippen molar-refractivity contribution < 1.29 is 0 Å². The molecule has 164 valence electrons. The Labute approximate surface area is 184 Å². The number of aryl methyl sites for hydroxylation is 1. The fourth-order valence-electron chi connectivity index (χ4n) is 4.03. The lowest BCUT2D eigenvalue weighted by atomic mass is 10.1. The topological polar surface area (TPSA) is 128 Å². The predicted molar refractivity (Wildman–Crippen MR) is 120 cm³/mol. The van der Waals surface area contributed by atoms with E-state index in [-0.39, 0.29) is 24.8 Å². The molecular weight excluding hydrogens is 408 g/mol. The summed E-state index contributed by atoms with van der Waals surface area (Å²) in [6, 6.07) is 6.92. The van der Waals surface area contributed by atoms with Crippen LogP contribution >= 0.6 is 0 Å². The van der Waals surface area contributed by atoms with Gasteiger partial charge in [-0.1, -0.05) is 12.0 Å². The van der Waals surface area contributed by atoms with Crippen LogP contribution in [0.15, 0.2) is 27.8 Å². The third-order valence-corrected chi connectivity index (χ3v) is 5.61. The minimum Gasteiger partial charge on any atom is -0.341 e. The van der Waals surface area contributed by atoms with Gasteiger partial charge in [0, 0.05) is 26.2 Å². The normalized spacial score (nSPS) is 15.9. The van der Waals surface area contributed by atoms with Gasteiger partial charge in [-0.15, -0.1) is 5.92 Å². The summed E-state index contributed by atoms with van der Waals surface area (Å²) in [5, 5.41) is 9.10. The number of nitriles is 1. The molecule has 1 fully saturated rings. The molecule has 0 saturated carbocycles. The molecule has 1 saturated heterocycles. The third-order valence-electron chi connectivity index (χ3n) is 5.61. The van der Waals surface area contributed by atoms with Gasteiger partial charge in [0.25, 0.3) is 5.56 Å². The number of hydrogen-bond donors (Lipinski definition) is 1. The van der Waals surface area contributed by atoms with Crippen LogP contribution in [0.3, 0.4) is 0 Å². The van der Waals surface area contributed by atoms with Crippen LogP contribution in [0, 0.1) is 23.2 Å². The van der Waals surface area contributed by atoms with Gasteiger partial charge in [0.1, 0.15) is 11.8 Å². The van der Waals surface area contributed by atoms with E-state index >= 15 is 0 Å². The third kappa shape index (κ3) is 3.77. The summed E-state index contributed by atoms with van der Waals surface area (Å²) in [6.45, 7) is 3.34. The molecule has 2 N–H and O–H groups in total. The van der Waals surface area contributed by atoms with Gasteiger partial charge in [0.2, 0.25) is 5.95 Å². The lowest BCUT2D eigenvalue weighted by Crippen LogP contribution is -2.44. The fraction of sp³-hybridized carbons (Fsp3) is 0.409. The number of rotatable bonds is 4. The van der Waals surface area contributed by atoms with Crippen LogP contribution in [0.5, 0.6) is 0 Å². The molecule has 0 bridgehead atoms. The van der Waals surface area contributed by atoms with E-state index in [0.29, 0.717) is 29.4 Å². The molecule has 10 nitrogen and oxygen atoms in total. The maximum absolute atomic E-state index is 13.5. The van der Waals surface area contributed by atoms with Crippen LogP contribution in [0.4, 0.5) is 5.95 Å². The number of anilines is 1. The van der Waals surface area contributed by atoms with E-state index in [1.165, 1.54) is 4.57 Å². The summed E-state index contributed by atoms with van der Waals surface area (Å²) in [5.74, 6) is 6.46. The van der Waals surface area contributed by atoms with E-state index in [4.69, 9.17) is 11.0 Å². The van der Waals surface area contributed by atoms with Gasteiger partial charge in [-0.2, -0.15) is 10.2 Å². The maximum Gasteiger partial charge on any atom is 0.332 e. The fourth-order valence-corrected chi connectivity index (χ4v) is 4.03. The zero-order chi connectivity index (χ0) is 22.8. The molecule has 32 heavy (non-hydrogen) atoms. The van der Waals surface area contributed by atoms with Crippen molar-refractivity contribution in [3.05, 3.63) is 50.4 Å². The van der Waals surface area contributed by atoms with Gasteiger partial charge in [0.15, 0.2) is 11.2 Å². The Bertz CT molecular complexity index is 1400. The van der Waals surface area contributed by atoms with Gasteiger partial charge < -0.3 is 10.6 Å². The van der Waals surface area contributed by atoms with Crippen molar-refractivity contribution in [2.24, 2.45) is 12.8 Å². The first-order valence-corrected chi connectivity index (χ1v) is 10.4. The van der Waals surface area contributed by atoms with Gasteiger partial charge in [-0.3, -0.25) is 18.5 Å². The maximum atomic E-state index is 13.5. The molecule has 10 heteroatoms. The zero-order valence-corrected chi connectivity index (χ0v) is 18.1. The summed E-state index contributed by atoms with van der Waals surface area (Å²) >= 11 is 0. The average molecular weight is 432 g/mol. The minimum atomic E-state index is -0.500. The lowest BCUT2D eigenvalue weighted by Gasteiger charge is -2.31. The molecule has 0 aliphatic carbocycles. The van der Waals surface area contributed by atoms with E-state index < -0.39 is 11.2 Å². The first kappa shape index (κ1) is 21.3. The average Bonchev–Trinajstić information content (AvgIpc) is 3.19. The first-order valence-electron chi connectivity index (χ1n) is 10.4. The number of nitrogens with two attached hydrogens (primary N) is 1. The van der Waals surface area contributed by atoms with Crippen molar-refractivity contribution in [3.63, 3.8) is 0 Å². The number of aromatic nitrogens is 5. The molecule has 1 unspecified atom stereocenters. The lowest BCUT2D eigenvalue weighted by molar-refractivity contribution is 0.496. The molecule has 4 heterocycles. The molecule has 1 aliphatic heterocycles. The van der Waals surface area contributed by atoms with Crippen molar-refractivity contribution in [2.45, 2.75) is 38.9 Å². The highest BCUT2D eigenvalue weighted by Gasteiger charge is 2.26. The van der Waals surface area contributed by atoms with E-state index in [1.807, 2.05) is 6.07 Å². The molecule has 0 radical (unpaired) electrons. The highest BCUT2D eigenvalue weighted by atomic mass is 16.2. The number of hydrogen-bond acceptors (Lipinski definition) is 7. The molecule has 1 aliphatic rings. The van der Waals surface area contributed by atoms with Gasteiger partial charge >= 0.3 is 5.69 Å². The molecular formula is C22H24N8O2. The Balaban J connectivity index is 1.92. The zero-order valence-electron chi connectivity index (χ0n) is 18.1. The van der Waals surface area contributed by atoms with Crippen molar-refractivity contribution in [3.8, 4) is 17.9 Å². The van der Waals surface area contributed by atoms with E-state index in [1.54, 1.807) is 36.7 Å². The van der Waals surface area contributed by atoms with Crippen LogP contribution in [-0.4, -0.2) is 42.8 Å². The Morgan fingerprint density at radius 1 is 1.25 bits per heavy atom. The van der Waals surface area contributed by atoms with Crippen LogP contribution < -0.4 is 21.9 Å². The molecule has 3 aromatic rings. The predicted octanol–water partition coefficient (Wildman–Crippen LogP) is 0.162. The Kier molecular flexibility index (Phi) is 5.80. The monoisotopic (exact) mass is 432 g/mol. The first-order chi connectivity index (χ1) is 15.4. The second kappa shape index (κ2) is 8.69. The Morgan fingerprint density at radius 2 is 2.06 bits per heavy atom. The Hall–Kier alpha value is -3.89. The van der Waals surface area contributed by atoms with Gasteiger partial charge in [0.05, 0.1) is 18.8 Å². The highest BCUT2D eigenvalue weighted by Crippen LogP contribution is 2.22. The molecule has 3 aromatic heterocycles. The van der Waals surface area contributed by atoms with Crippen molar-refractivity contribution >= 4 is 17.1 Å². The molecule has 0 spiro atoms. The molecule has 0 amide bonds. The van der Waals surface area contributed by atoms with Crippen molar-refractivity contribution in [1.82, 2.24) is 23.7 Å². The van der Waals surface area contributed by atoms with E-state index in [2.05, 4.69) is 26.7 Å². The smallest absolute Gasteiger partial charge is 0.332 e. The van der Waals surface area contributed by atoms with Crippen LogP contribution in [0.2, 0.25) is 0 Å². The van der Waals surface area contributed by atoms with Crippen molar-refractivity contribution in [2.75, 3.05) is 18.0 Å².